The Balaban J connectivity index is 1.46. The number of carbonyl (C=O) groups is 2. The van der Waals surface area contributed by atoms with Gasteiger partial charge in [-0.15, -0.1) is 0 Å². The number of nitrogens with one attached hydrogen (secondary N) is 3. The van der Waals surface area contributed by atoms with Crippen LogP contribution in [0.15, 0.2) is 48.5 Å². The van der Waals surface area contributed by atoms with E-state index in [0.717, 1.165) is 5.69 Å². The zero-order valence-electron chi connectivity index (χ0n) is 14.2. The summed E-state index contributed by atoms with van der Waals surface area (Å²) >= 11 is 10.9. The van der Waals surface area contributed by atoms with E-state index in [1.807, 2.05) is 12.1 Å². The van der Waals surface area contributed by atoms with Crippen LogP contribution in [0.4, 0.5) is 11.4 Å². The Morgan fingerprint density at radius 3 is 2.67 bits per heavy atom. The number of fused-ring (bicyclic) bond motifs is 1. The molecule has 1 heterocycles. The van der Waals surface area contributed by atoms with Crippen molar-refractivity contribution in [3.05, 3.63) is 53.6 Å². The molecule has 0 unspecified atom stereocenters. The van der Waals surface area contributed by atoms with Gasteiger partial charge in [-0.05, 0) is 48.6 Å². The molecule has 1 aliphatic rings. The maximum Gasteiger partial charge on any atom is 0.265 e. The summed E-state index contributed by atoms with van der Waals surface area (Å²) in [5.41, 5.74) is 6.53. The van der Waals surface area contributed by atoms with Gasteiger partial charge in [0.1, 0.15) is 5.75 Å². The Morgan fingerprint density at radius 1 is 1.15 bits per heavy atom. The van der Waals surface area contributed by atoms with Crippen LogP contribution in [0.2, 0.25) is 5.02 Å². The Bertz CT molecular complexity index is 860. The molecule has 0 saturated heterocycles. The number of ether oxygens (including phenoxy) is 1. The monoisotopic (exact) mass is 404 g/mol. The fourth-order valence-corrected chi connectivity index (χ4v) is 2.79. The predicted octanol–water partition coefficient (Wildman–Crippen LogP) is 2.47. The molecule has 7 nitrogen and oxygen atoms in total. The molecule has 0 aliphatic carbocycles. The lowest BCUT2D eigenvalue weighted by Gasteiger charge is -2.29. The van der Waals surface area contributed by atoms with Crippen LogP contribution in [-0.2, 0) is 9.59 Å². The lowest BCUT2D eigenvalue weighted by Crippen LogP contribution is -2.46. The highest BCUT2D eigenvalue weighted by Gasteiger charge is 2.25. The van der Waals surface area contributed by atoms with E-state index in [0.29, 0.717) is 16.5 Å². The van der Waals surface area contributed by atoms with Gasteiger partial charge < -0.3 is 15.0 Å². The minimum absolute atomic E-state index is 0.0357. The van der Waals surface area contributed by atoms with Crippen LogP contribution < -0.4 is 25.8 Å². The van der Waals surface area contributed by atoms with Gasteiger partial charge in [0, 0.05) is 23.7 Å². The SMILES string of the molecule is O=C(CCN1C(=O)COc2ccccc21)NNC(=S)Nc1ccc(Cl)cc1. The number of nitrogens with zero attached hydrogens (tertiary/aromatic N) is 1. The fraction of sp³-hybridized carbons (Fsp3) is 0.167. The third kappa shape index (κ3) is 5.08. The molecule has 0 fully saturated rings. The Labute approximate surface area is 166 Å². The van der Waals surface area contributed by atoms with E-state index in [-0.39, 0.29) is 36.5 Å². The van der Waals surface area contributed by atoms with Crippen LogP contribution in [0.25, 0.3) is 0 Å². The Kier molecular flexibility index (Phi) is 6.10. The minimum Gasteiger partial charge on any atom is -0.482 e. The number of hydrogen-bond acceptors (Lipinski definition) is 4. The van der Waals surface area contributed by atoms with Gasteiger partial charge in [-0.1, -0.05) is 23.7 Å². The molecule has 0 saturated carbocycles. The van der Waals surface area contributed by atoms with Crippen molar-refractivity contribution in [2.45, 2.75) is 6.42 Å². The van der Waals surface area contributed by atoms with Gasteiger partial charge in [0.25, 0.3) is 5.91 Å². The molecular formula is C18H17ClN4O3S. The molecule has 2 aromatic rings. The van der Waals surface area contributed by atoms with E-state index in [9.17, 15) is 9.59 Å². The van der Waals surface area contributed by atoms with Crippen LogP contribution in [0.1, 0.15) is 6.42 Å². The van der Waals surface area contributed by atoms with E-state index >= 15 is 0 Å². The van der Waals surface area contributed by atoms with Crippen molar-refractivity contribution < 1.29 is 14.3 Å². The first-order chi connectivity index (χ1) is 13.0. The first-order valence-electron chi connectivity index (χ1n) is 8.16. The van der Waals surface area contributed by atoms with Crippen molar-refractivity contribution in [1.29, 1.82) is 0 Å². The normalized spacial score (nSPS) is 12.6. The number of halogens is 1. The largest absolute Gasteiger partial charge is 0.482 e. The van der Waals surface area contributed by atoms with Crippen LogP contribution >= 0.6 is 23.8 Å². The van der Waals surface area contributed by atoms with Crippen LogP contribution in [0.3, 0.4) is 0 Å². The number of amides is 2. The second-order valence-corrected chi connectivity index (χ2v) is 6.53. The predicted molar refractivity (Wildman–Crippen MR) is 108 cm³/mol. The van der Waals surface area contributed by atoms with Gasteiger partial charge in [0.15, 0.2) is 11.7 Å². The third-order valence-electron chi connectivity index (χ3n) is 3.79. The summed E-state index contributed by atoms with van der Waals surface area (Å²) < 4.78 is 5.38. The van der Waals surface area contributed by atoms with Crippen LogP contribution in [-0.4, -0.2) is 30.1 Å². The number of rotatable bonds is 4. The summed E-state index contributed by atoms with van der Waals surface area (Å²) in [6, 6.07) is 14.2. The van der Waals surface area contributed by atoms with E-state index in [4.69, 9.17) is 28.6 Å². The number of carbonyl (C=O) groups excluding carboxylic acids is 2. The van der Waals surface area contributed by atoms with Crippen molar-refractivity contribution in [3.63, 3.8) is 0 Å². The van der Waals surface area contributed by atoms with Gasteiger partial charge in [-0.3, -0.25) is 20.4 Å². The van der Waals surface area contributed by atoms with Crippen LogP contribution in [0.5, 0.6) is 5.75 Å². The zero-order valence-corrected chi connectivity index (χ0v) is 15.8. The number of anilines is 2. The smallest absolute Gasteiger partial charge is 0.265 e. The Hall–Kier alpha value is -2.84. The molecule has 9 heteroatoms. The highest BCUT2D eigenvalue weighted by atomic mass is 35.5. The van der Waals surface area contributed by atoms with Crippen molar-refractivity contribution in [3.8, 4) is 5.75 Å². The van der Waals surface area contributed by atoms with Crippen molar-refractivity contribution in [1.82, 2.24) is 10.9 Å². The average Bonchev–Trinajstić information content (AvgIpc) is 2.67. The van der Waals surface area contributed by atoms with E-state index in [1.54, 1.807) is 41.3 Å². The second kappa shape index (κ2) is 8.70. The van der Waals surface area contributed by atoms with E-state index in [1.165, 1.54) is 0 Å². The first kappa shape index (κ1) is 18.9. The van der Waals surface area contributed by atoms with E-state index in [2.05, 4.69) is 16.2 Å². The lowest BCUT2D eigenvalue weighted by molar-refractivity contribution is -0.122. The van der Waals surface area contributed by atoms with Gasteiger partial charge >= 0.3 is 0 Å². The summed E-state index contributed by atoms with van der Waals surface area (Å²) in [6.45, 7) is 0.204. The average molecular weight is 405 g/mol. The minimum atomic E-state index is -0.299. The fourth-order valence-electron chi connectivity index (χ4n) is 2.50. The molecule has 2 aromatic carbocycles. The van der Waals surface area contributed by atoms with E-state index < -0.39 is 0 Å². The Morgan fingerprint density at radius 2 is 1.89 bits per heavy atom. The molecule has 1 aliphatic heterocycles. The molecule has 0 atom stereocenters. The molecule has 2 amide bonds. The lowest BCUT2D eigenvalue weighted by atomic mass is 10.2. The molecule has 0 aromatic heterocycles. The van der Waals surface area contributed by atoms with Crippen molar-refractivity contribution in [2.24, 2.45) is 0 Å². The third-order valence-corrected chi connectivity index (χ3v) is 4.24. The van der Waals surface area contributed by atoms with Gasteiger partial charge in [0.05, 0.1) is 5.69 Å². The summed E-state index contributed by atoms with van der Waals surface area (Å²) in [5.74, 6) is 0.144. The molecule has 3 N–H and O–H groups in total. The molecule has 3 rings (SSSR count). The molecule has 0 spiro atoms. The quantitative estimate of drug-likeness (QED) is 0.536. The number of para-hydroxylation sites is 2. The number of benzene rings is 2. The molecule has 0 bridgehead atoms. The van der Waals surface area contributed by atoms with Crippen molar-refractivity contribution >= 4 is 52.1 Å². The molecular weight excluding hydrogens is 388 g/mol. The summed E-state index contributed by atoms with van der Waals surface area (Å²) in [4.78, 5) is 25.7. The molecule has 27 heavy (non-hydrogen) atoms. The maximum atomic E-state index is 12.1. The summed E-state index contributed by atoms with van der Waals surface area (Å²) in [6.07, 6.45) is 0.108. The zero-order chi connectivity index (χ0) is 19.2. The highest BCUT2D eigenvalue weighted by Crippen LogP contribution is 2.31. The van der Waals surface area contributed by atoms with Crippen LogP contribution in [0, 0.1) is 0 Å². The number of hydrazine groups is 1. The topological polar surface area (TPSA) is 82.7 Å². The van der Waals surface area contributed by atoms with Gasteiger partial charge in [0.2, 0.25) is 5.91 Å². The van der Waals surface area contributed by atoms with Gasteiger partial charge in [-0.25, -0.2) is 0 Å². The maximum absolute atomic E-state index is 12.1. The highest BCUT2D eigenvalue weighted by molar-refractivity contribution is 7.80. The molecule has 0 radical (unpaired) electrons. The van der Waals surface area contributed by atoms with Gasteiger partial charge in [-0.2, -0.15) is 0 Å². The number of thiocarbonyl (C=S) groups is 1. The number of hydrogen-bond donors (Lipinski definition) is 3. The second-order valence-electron chi connectivity index (χ2n) is 5.69. The first-order valence-corrected chi connectivity index (χ1v) is 8.95. The summed E-state index contributed by atoms with van der Waals surface area (Å²) in [5, 5.41) is 3.77. The molecule has 140 valence electrons. The standard InChI is InChI=1S/C18H17ClN4O3S/c19-12-5-7-13(8-6-12)20-18(27)22-21-16(24)9-10-23-14-3-1-2-4-15(14)26-11-17(23)25/h1-8H,9-11H2,(H,21,24)(H2,20,22,27). The summed E-state index contributed by atoms with van der Waals surface area (Å²) in [7, 11) is 0. The van der Waals surface area contributed by atoms with Crippen molar-refractivity contribution in [2.75, 3.05) is 23.4 Å².